The molecule has 192 valence electrons. The average Bonchev–Trinajstić information content (AvgIpc) is 2.80. The van der Waals surface area contributed by atoms with Gasteiger partial charge in [0.2, 0.25) is 0 Å². The molecular formula is C28H27F6NO. The lowest BCUT2D eigenvalue weighted by Gasteiger charge is -2.24. The van der Waals surface area contributed by atoms with Crippen molar-refractivity contribution in [1.29, 1.82) is 0 Å². The Labute approximate surface area is 206 Å². The van der Waals surface area contributed by atoms with E-state index in [9.17, 15) is 31.1 Å². The summed E-state index contributed by atoms with van der Waals surface area (Å²) >= 11 is 0. The highest BCUT2D eigenvalue weighted by Crippen LogP contribution is 2.37. The van der Waals surface area contributed by atoms with Crippen LogP contribution in [-0.4, -0.2) is 12.8 Å². The number of ketones is 1. The molecule has 0 radical (unpaired) electrons. The van der Waals surface area contributed by atoms with E-state index in [-0.39, 0.29) is 11.7 Å². The molecule has 0 fully saturated rings. The summed E-state index contributed by atoms with van der Waals surface area (Å²) in [4.78, 5) is 14.2. The Hall–Kier alpha value is -3.29. The Kier molecular flexibility index (Phi) is 7.86. The number of anilines is 2. The van der Waals surface area contributed by atoms with Crippen LogP contribution in [0.5, 0.6) is 0 Å². The van der Waals surface area contributed by atoms with Crippen LogP contribution in [0, 0.1) is 5.92 Å². The predicted octanol–water partition coefficient (Wildman–Crippen LogP) is 8.88. The van der Waals surface area contributed by atoms with Crippen molar-refractivity contribution in [2.75, 3.05) is 11.9 Å². The fourth-order valence-corrected chi connectivity index (χ4v) is 4.08. The van der Waals surface area contributed by atoms with E-state index in [1.54, 1.807) is 30.1 Å². The van der Waals surface area contributed by atoms with Crippen LogP contribution in [0.4, 0.5) is 37.7 Å². The highest BCUT2D eigenvalue weighted by Gasteiger charge is 2.31. The van der Waals surface area contributed by atoms with Crippen molar-refractivity contribution >= 4 is 17.2 Å². The lowest BCUT2D eigenvalue weighted by atomic mass is 9.85. The monoisotopic (exact) mass is 507 g/mol. The maximum absolute atomic E-state index is 13.0. The smallest absolute Gasteiger partial charge is 0.345 e. The van der Waals surface area contributed by atoms with Crippen molar-refractivity contribution in [3.05, 3.63) is 83.4 Å². The minimum absolute atomic E-state index is 0.0450. The van der Waals surface area contributed by atoms with E-state index in [0.29, 0.717) is 34.5 Å². The molecule has 0 amide bonds. The molecule has 2 nitrogen and oxygen atoms in total. The molecule has 0 aliphatic heterocycles. The van der Waals surface area contributed by atoms with E-state index in [1.807, 2.05) is 13.8 Å². The molecule has 0 saturated carbocycles. The van der Waals surface area contributed by atoms with Gasteiger partial charge in [0.25, 0.3) is 0 Å². The number of benzene rings is 3. The minimum Gasteiger partial charge on any atom is -0.345 e. The van der Waals surface area contributed by atoms with Gasteiger partial charge in [-0.05, 0) is 84.5 Å². The minimum atomic E-state index is -4.47. The third kappa shape index (κ3) is 6.47. The molecule has 0 bridgehead atoms. The first-order valence-electron chi connectivity index (χ1n) is 11.4. The summed E-state index contributed by atoms with van der Waals surface area (Å²) in [6.07, 6.45) is -8.35. The zero-order chi connectivity index (χ0) is 26.8. The molecule has 3 aromatic rings. The second-order valence-corrected chi connectivity index (χ2v) is 9.28. The highest BCUT2D eigenvalue weighted by molar-refractivity contribution is 5.85. The molecule has 1 unspecified atom stereocenters. The van der Waals surface area contributed by atoms with Gasteiger partial charge in [0.05, 0.1) is 11.1 Å². The molecule has 36 heavy (non-hydrogen) atoms. The predicted molar refractivity (Wildman–Crippen MR) is 129 cm³/mol. The van der Waals surface area contributed by atoms with Crippen LogP contribution < -0.4 is 4.90 Å². The van der Waals surface area contributed by atoms with Crippen LogP contribution in [0.15, 0.2) is 66.7 Å². The topological polar surface area (TPSA) is 20.3 Å². The van der Waals surface area contributed by atoms with Gasteiger partial charge < -0.3 is 4.90 Å². The molecule has 8 heteroatoms. The number of rotatable bonds is 7. The summed E-state index contributed by atoms with van der Waals surface area (Å²) in [6, 6.07) is 14.8. The Morgan fingerprint density at radius 1 is 0.750 bits per heavy atom. The average molecular weight is 508 g/mol. The number of nitrogens with zero attached hydrogens (tertiary/aromatic N) is 1. The molecule has 3 rings (SSSR count). The van der Waals surface area contributed by atoms with E-state index in [4.69, 9.17) is 0 Å². The molecule has 0 aliphatic carbocycles. The van der Waals surface area contributed by atoms with E-state index in [2.05, 4.69) is 0 Å². The van der Waals surface area contributed by atoms with E-state index in [0.717, 1.165) is 24.3 Å². The molecule has 0 heterocycles. The van der Waals surface area contributed by atoms with Crippen molar-refractivity contribution in [2.24, 2.45) is 5.92 Å². The van der Waals surface area contributed by atoms with Gasteiger partial charge in [0, 0.05) is 24.3 Å². The fourth-order valence-electron chi connectivity index (χ4n) is 4.08. The van der Waals surface area contributed by atoms with Crippen LogP contribution in [-0.2, 0) is 17.1 Å². The van der Waals surface area contributed by atoms with Crippen LogP contribution in [0.2, 0.25) is 0 Å². The number of Topliss-reactive ketones (excluding diaryl/α,β-unsaturated/α-hetero) is 1. The number of hydrogen-bond acceptors (Lipinski definition) is 2. The summed E-state index contributed by atoms with van der Waals surface area (Å²) in [5, 5.41) is 0. The molecule has 0 spiro atoms. The quantitative estimate of drug-likeness (QED) is 0.298. The molecule has 1 atom stereocenters. The first kappa shape index (κ1) is 27.3. The second-order valence-electron chi connectivity index (χ2n) is 9.28. The third-order valence-corrected chi connectivity index (χ3v) is 6.06. The first-order valence-corrected chi connectivity index (χ1v) is 11.4. The molecule has 0 aliphatic rings. The first-order chi connectivity index (χ1) is 16.7. The largest absolute Gasteiger partial charge is 0.416 e. The van der Waals surface area contributed by atoms with Gasteiger partial charge in [-0.3, -0.25) is 4.79 Å². The number of carbonyl (C=O) groups excluding carboxylic acids is 1. The van der Waals surface area contributed by atoms with E-state index >= 15 is 0 Å². The summed E-state index contributed by atoms with van der Waals surface area (Å²) < 4.78 is 78.1. The Balaban J connectivity index is 2.11. The zero-order valence-electron chi connectivity index (χ0n) is 20.3. The van der Waals surface area contributed by atoms with Crippen molar-refractivity contribution in [1.82, 2.24) is 0 Å². The number of alkyl halides is 6. The van der Waals surface area contributed by atoms with Gasteiger partial charge in [-0.15, -0.1) is 0 Å². The maximum atomic E-state index is 13.0. The van der Waals surface area contributed by atoms with E-state index < -0.39 is 29.4 Å². The number of carbonyl (C=O) groups is 1. The van der Waals surface area contributed by atoms with Gasteiger partial charge in [-0.1, -0.05) is 32.0 Å². The fraction of sp³-hybridized carbons (Fsp3) is 0.321. The third-order valence-electron chi connectivity index (χ3n) is 6.06. The van der Waals surface area contributed by atoms with Crippen LogP contribution in [0.3, 0.4) is 0 Å². The summed E-state index contributed by atoms with van der Waals surface area (Å²) in [7, 11) is 1.68. The van der Waals surface area contributed by atoms with Crippen molar-refractivity contribution in [3.63, 3.8) is 0 Å². The normalized spacial score (nSPS) is 13.1. The second kappa shape index (κ2) is 10.4. The molecule has 0 N–H and O–H groups in total. The summed E-state index contributed by atoms with van der Waals surface area (Å²) in [5.74, 6) is -0.264. The van der Waals surface area contributed by atoms with Crippen LogP contribution >= 0.6 is 0 Å². The van der Waals surface area contributed by atoms with Crippen molar-refractivity contribution in [2.45, 2.75) is 45.5 Å². The molecule has 0 saturated heterocycles. The van der Waals surface area contributed by atoms with Crippen molar-refractivity contribution < 1.29 is 31.1 Å². The summed E-state index contributed by atoms with van der Waals surface area (Å²) in [6.45, 7) is 5.48. The number of hydrogen-bond donors (Lipinski definition) is 0. The van der Waals surface area contributed by atoms with Crippen LogP contribution in [0.25, 0.3) is 11.1 Å². The van der Waals surface area contributed by atoms with Gasteiger partial charge in [0.1, 0.15) is 5.78 Å². The van der Waals surface area contributed by atoms with Crippen molar-refractivity contribution in [3.8, 4) is 11.1 Å². The molecule has 3 aromatic carbocycles. The SMILES string of the molecule is CC(=O)C(CC(C)C)c1cc(-c2ccc(C(F)(F)F)cc2)cc(N(C)c2ccc(C(F)(F)F)cc2)c1. The zero-order valence-corrected chi connectivity index (χ0v) is 20.3. The van der Waals surface area contributed by atoms with Gasteiger partial charge in [-0.25, -0.2) is 0 Å². The van der Waals surface area contributed by atoms with Gasteiger partial charge >= 0.3 is 12.4 Å². The van der Waals surface area contributed by atoms with E-state index in [1.165, 1.54) is 31.2 Å². The van der Waals surface area contributed by atoms with Gasteiger partial charge in [-0.2, -0.15) is 26.3 Å². The standard InChI is InChI=1S/C28H27F6NO/c1-17(2)13-26(18(3)36)21-14-20(19-5-7-22(8-6-19)27(29,30)31)15-25(16-21)35(4)24-11-9-23(10-12-24)28(32,33)34/h5-12,14-17,26H,13H2,1-4H3. The molecule has 0 aromatic heterocycles. The number of halogens is 6. The molecular weight excluding hydrogens is 480 g/mol. The lowest BCUT2D eigenvalue weighted by Crippen LogP contribution is -2.15. The Morgan fingerprint density at radius 2 is 1.25 bits per heavy atom. The Bertz CT molecular complexity index is 1190. The van der Waals surface area contributed by atoms with Gasteiger partial charge in [0.15, 0.2) is 0 Å². The lowest BCUT2D eigenvalue weighted by molar-refractivity contribution is -0.138. The van der Waals surface area contributed by atoms with Crippen LogP contribution in [0.1, 0.15) is 49.8 Å². The Morgan fingerprint density at radius 3 is 1.69 bits per heavy atom. The maximum Gasteiger partial charge on any atom is 0.416 e. The highest BCUT2D eigenvalue weighted by atomic mass is 19.4. The summed E-state index contributed by atoms with van der Waals surface area (Å²) in [5.41, 5.74) is 1.36.